The van der Waals surface area contributed by atoms with Gasteiger partial charge in [0.25, 0.3) is 0 Å². The van der Waals surface area contributed by atoms with Gasteiger partial charge >= 0.3 is 5.97 Å². The van der Waals surface area contributed by atoms with Gasteiger partial charge in [-0.15, -0.1) is 0 Å². The number of amides is 1. The van der Waals surface area contributed by atoms with E-state index in [1.54, 1.807) is 43.2 Å². The van der Waals surface area contributed by atoms with Crippen molar-refractivity contribution in [3.63, 3.8) is 0 Å². The molecule has 0 fully saturated rings. The number of anilines is 1. The average Bonchev–Trinajstić information content (AvgIpc) is 3.00. The number of nitrogens with zero attached hydrogens (tertiary/aromatic N) is 2. The molecule has 1 N–H and O–H groups in total. The summed E-state index contributed by atoms with van der Waals surface area (Å²) in [6, 6.07) is 6.47. The Morgan fingerprint density at radius 2 is 2.00 bits per heavy atom. The summed E-state index contributed by atoms with van der Waals surface area (Å²) in [5, 5.41) is 6.82. The van der Waals surface area contributed by atoms with Gasteiger partial charge in [0.15, 0.2) is 0 Å². The van der Waals surface area contributed by atoms with Gasteiger partial charge in [0.1, 0.15) is 12.4 Å². The number of ether oxygens (including phenoxy) is 3. The third kappa shape index (κ3) is 5.05. The van der Waals surface area contributed by atoms with Gasteiger partial charge in [0, 0.05) is 26.0 Å². The number of nitrogens with one attached hydrogen (secondary N) is 1. The standard InChI is InChI=1S/C17H21N3O5/c1-20-13(6-7-18-20)11-16(21)19-14-5-4-12(17(22)24-3)10-15(14)25-9-8-23-2/h4-7,10H,8-9,11H2,1-3H3,(H,19,21). The van der Waals surface area contributed by atoms with Crippen molar-refractivity contribution < 1.29 is 23.8 Å². The maximum absolute atomic E-state index is 12.3. The molecule has 1 aromatic heterocycles. The Balaban J connectivity index is 2.15. The Morgan fingerprint density at radius 1 is 1.20 bits per heavy atom. The molecule has 0 unspecified atom stereocenters. The molecule has 134 valence electrons. The molecule has 0 saturated heterocycles. The number of aryl methyl sites for hydroxylation is 1. The van der Waals surface area contributed by atoms with Crippen LogP contribution in [-0.2, 0) is 27.7 Å². The first kappa shape index (κ1) is 18.5. The summed E-state index contributed by atoms with van der Waals surface area (Å²) >= 11 is 0. The number of aromatic nitrogens is 2. The lowest BCUT2D eigenvalue weighted by molar-refractivity contribution is -0.115. The van der Waals surface area contributed by atoms with Crippen LogP contribution in [0, 0.1) is 0 Å². The Labute approximate surface area is 145 Å². The number of carbonyl (C=O) groups excluding carboxylic acids is 2. The zero-order valence-corrected chi connectivity index (χ0v) is 14.4. The predicted molar refractivity (Wildman–Crippen MR) is 90.7 cm³/mol. The van der Waals surface area contributed by atoms with Gasteiger partial charge in [0.05, 0.1) is 31.4 Å². The van der Waals surface area contributed by atoms with E-state index in [1.165, 1.54) is 13.2 Å². The monoisotopic (exact) mass is 347 g/mol. The molecule has 8 heteroatoms. The zero-order chi connectivity index (χ0) is 18.2. The van der Waals surface area contributed by atoms with Gasteiger partial charge in [-0.25, -0.2) is 4.79 Å². The number of carbonyl (C=O) groups is 2. The molecule has 0 bridgehead atoms. The number of rotatable bonds is 8. The van der Waals surface area contributed by atoms with Crippen LogP contribution in [0.4, 0.5) is 5.69 Å². The maximum Gasteiger partial charge on any atom is 0.337 e. The first-order chi connectivity index (χ1) is 12.0. The van der Waals surface area contributed by atoms with Gasteiger partial charge in [-0.2, -0.15) is 5.10 Å². The minimum atomic E-state index is -0.482. The number of methoxy groups -OCH3 is 2. The van der Waals surface area contributed by atoms with Crippen molar-refractivity contribution in [2.45, 2.75) is 6.42 Å². The van der Waals surface area contributed by atoms with Gasteiger partial charge in [-0.1, -0.05) is 0 Å². The quantitative estimate of drug-likeness (QED) is 0.573. The normalized spacial score (nSPS) is 10.4. The Hall–Kier alpha value is -2.87. The first-order valence-electron chi connectivity index (χ1n) is 7.66. The predicted octanol–water partition coefficient (Wildman–Crippen LogP) is 1.41. The second kappa shape index (κ2) is 8.84. The Bertz CT molecular complexity index is 742. The zero-order valence-electron chi connectivity index (χ0n) is 14.4. The van der Waals surface area contributed by atoms with Crippen molar-refractivity contribution in [1.29, 1.82) is 0 Å². The molecule has 2 rings (SSSR count). The van der Waals surface area contributed by atoms with Crippen LogP contribution < -0.4 is 10.1 Å². The summed E-state index contributed by atoms with van der Waals surface area (Å²) in [7, 11) is 4.63. The molecular weight excluding hydrogens is 326 g/mol. The molecule has 0 aliphatic carbocycles. The van der Waals surface area contributed by atoms with Crippen molar-refractivity contribution in [2.24, 2.45) is 7.05 Å². The lowest BCUT2D eigenvalue weighted by atomic mass is 10.2. The molecule has 2 aromatic rings. The van der Waals surface area contributed by atoms with E-state index in [0.717, 1.165) is 5.69 Å². The lowest BCUT2D eigenvalue weighted by Gasteiger charge is -2.13. The molecule has 0 saturated carbocycles. The van der Waals surface area contributed by atoms with E-state index in [1.807, 2.05) is 0 Å². The molecular formula is C17H21N3O5. The lowest BCUT2D eigenvalue weighted by Crippen LogP contribution is -2.18. The van der Waals surface area contributed by atoms with Gasteiger partial charge in [0.2, 0.25) is 5.91 Å². The van der Waals surface area contributed by atoms with Gasteiger partial charge in [-0.3, -0.25) is 9.48 Å². The highest BCUT2D eigenvalue weighted by atomic mass is 16.5. The van der Waals surface area contributed by atoms with Crippen LogP contribution in [0.15, 0.2) is 30.5 Å². The summed E-state index contributed by atoms with van der Waals surface area (Å²) in [4.78, 5) is 23.9. The number of hydrogen-bond donors (Lipinski definition) is 1. The number of benzene rings is 1. The SMILES string of the molecule is COCCOc1cc(C(=O)OC)ccc1NC(=O)Cc1ccnn1C. The van der Waals surface area contributed by atoms with Crippen LogP contribution in [0.5, 0.6) is 5.75 Å². The van der Waals surface area contributed by atoms with E-state index in [2.05, 4.69) is 10.4 Å². The van der Waals surface area contributed by atoms with Crippen LogP contribution in [0.25, 0.3) is 0 Å². The molecule has 0 aliphatic heterocycles. The van der Waals surface area contributed by atoms with Crippen LogP contribution in [0.3, 0.4) is 0 Å². The third-order valence-corrected chi connectivity index (χ3v) is 3.49. The Morgan fingerprint density at radius 3 is 2.64 bits per heavy atom. The summed E-state index contributed by atoms with van der Waals surface area (Å²) in [6.07, 6.45) is 1.81. The van der Waals surface area contributed by atoms with Crippen molar-refractivity contribution >= 4 is 17.6 Å². The van der Waals surface area contributed by atoms with Crippen LogP contribution >= 0.6 is 0 Å². The van der Waals surface area contributed by atoms with Crippen molar-refractivity contribution in [1.82, 2.24) is 9.78 Å². The largest absolute Gasteiger partial charge is 0.489 e. The van der Waals surface area contributed by atoms with Gasteiger partial charge < -0.3 is 19.5 Å². The highest BCUT2D eigenvalue weighted by molar-refractivity contribution is 5.95. The van der Waals surface area contributed by atoms with Crippen LogP contribution in [-0.4, -0.2) is 49.1 Å². The molecule has 25 heavy (non-hydrogen) atoms. The van der Waals surface area contributed by atoms with Crippen molar-refractivity contribution in [2.75, 3.05) is 32.8 Å². The number of hydrogen-bond acceptors (Lipinski definition) is 6. The van der Waals surface area contributed by atoms with Gasteiger partial charge in [-0.05, 0) is 24.3 Å². The molecule has 1 heterocycles. The highest BCUT2D eigenvalue weighted by Gasteiger charge is 2.14. The first-order valence-corrected chi connectivity index (χ1v) is 7.66. The summed E-state index contributed by atoms with van der Waals surface area (Å²) in [5.41, 5.74) is 1.58. The second-order valence-electron chi connectivity index (χ2n) is 5.21. The molecule has 0 aliphatic rings. The minimum absolute atomic E-state index is 0.173. The fraction of sp³-hybridized carbons (Fsp3) is 0.353. The summed E-state index contributed by atoms with van der Waals surface area (Å²) < 4.78 is 16.9. The Kier molecular flexibility index (Phi) is 6.53. The molecule has 1 aromatic carbocycles. The average molecular weight is 347 g/mol. The molecule has 0 atom stereocenters. The van der Waals surface area contributed by atoms with Crippen LogP contribution in [0.1, 0.15) is 16.1 Å². The van der Waals surface area contributed by atoms with Crippen molar-refractivity contribution in [3.05, 3.63) is 41.7 Å². The van der Waals surface area contributed by atoms with Crippen LogP contribution in [0.2, 0.25) is 0 Å². The van der Waals surface area contributed by atoms with E-state index in [4.69, 9.17) is 14.2 Å². The topological polar surface area (TPSA) is 91.7 Å². The minimum Gasteiger partial charge on any atom is -0.489 e. The van der Waals surface area contributed by atoms with Crippen molar-refractivity contribution in [3.8, 4) is 5.75 Å². The second-order valence-corrected chi connectivity index (χ2v) is 5.21. The van der Waals surface area contributed by atoms with E-state index in [0.29, 0.717) is 23.6 Å². The van der Waals surface area contributed by atoms with E-state index >= 15 is 0 Å². The third-order valence-electron chi connectivity index (χ3n) is 3.49. The fourth-order valence-electron chi connectivity index (χ4n) is 2.16. The number of esters is 1. The van der Waals surface area contributed by atoms with E-state index in [9.17, 15) is 9.59 Å². The molecule has 8 nitrogen and oxygen atoms in total. The van der Waals surface area contributed by atoms with E-state index in [-0.39, 0.29) is 18.9 Å². The highest BCUT2D eigenvalue weighted by Crippen LogP contribution is 2.26. The molecule has 0 spiro atoms. The summed E-state index contributed by atoms with van der Waals surface area (Å²) in [5.74, 6) is -0.325. The summed E-state index contributed by atoms with van der Waals surface area (Å²) in [6.45, 7) is 0.663. The molecule has 1 amide bonds. The van der Waals surface area contributed by atoms with E-state index < -0.39 is 5.97 Å². The smallest absolute Gasteiger partial charge is 0.337 e. The molecule has 0 radical (unpaired) electrons. The fourth-order valence-corrected chi connectivity index (χ4v) is 2.16. The maximum atomic E-state index is 12.3.